The number of nitrogens with one attached hydrogen (secondary N) is 1. The van der Waals surface area contributed by atoms with Crippen LogP contribution in [0.1, 0.15) is 32.8 Å². The van der Waals surface area contributed by atoms with E-state index < -0.39 is 0 Å². The molecule has 1 aromatic carbocycles. The lowest BCUT2D eigenvalue weighted by molar-refractivity contribution is 0.128. The normalized spacial score (nSPS) is 16.0. The van der Waals surface area contributed by atoms with Crippen molar-refractivity contribution in [2.24, 2.45) is 5.41 Å². The van der Waals surface area contributed by atoms with Crippen molar-refractivity contribution in [1.29, 1.82) is 0 Å². The van der Waals surface area contributed by atoms with Gasteiger partial charge in [-0.1, -0.05) is 25.4 Å². The molecule has 21 heavy (non-hydrogen) atoms. The fourth-order valence-corrected chi connectivity index (χ4v) is 2.91. The van der Waals surface area contributed by atoms with E-state index in [4.69, 9.17) is 16.3 Å². The van der Waals surface area contributed by atoms with Crippen molar-refractivity contribution >= 4 is 17.7 Å². The van der Waals surface area contributed by atoms with Crippen LogP contribution in [0.2, 0.25) is 5.02 Å². The first-order valence-corrected chi connectivity index (χ1v) is 7.74. The van der Waals surface area contributed by atoms with Crippen LogP contribution in [0.25, 0.3) is 6.08 Å². The van der Waals surface area contributed by atoms with Crippen LogP contribution in [0.3, 0.4) is 0 Å². The Hall–Kier alpha value is -1.03. The molecule has 0 aliphatic carbocycles. The van der Waals surface area contributed by atoms with Crippen molar-refractivity contribution in [3.05, 3.63) is 34.4 Å². The van der Waals surface area contributed by atoms with Crippen molar-refractivity contribution < 1.29 is 9.84 Å². The van der Waals surface area contributed by atoms with E-state index in [2.05, 4.69) is 25.2 Å². The number of aliphatic hydroxyl groups is 1. The number of halogens is 1. The number of hydrogen-bond acceptors (Lipinski definition) is 3. The summed E-state index contributed by atoms with van der Waals surface area (Å²) in [5.74, 6) is 0.887. The smallest absolute Gasteiger partial charge is 0.127 e. The molecule has 0 amide bonds. The van der Waals surface area contributed by atoms with Crippen LogP contribution < -0.4 is 10.1 Å². The van der Waals surface area contributed by atoms with Crippen LogP contribution >= 0.6 is 11.6 Å². The second kappa shape index (κ2) is 6.82. The summed E-state index contributed by atoms with van der Waals surface area (Å²) in [6, 6.07) is 5.67. The SMILES string of the molecule is CC(O)CC(C)(C)CNCC1=Cc2cc(Cl)ccc2OC1. The minimum atomic E-state index is -0.270. The van der Waals surface area contributed by atoms with Gasteiger partial charge < -0.3 is 15.2 Å². The summed E-state index contributed by atoms with van der Waals surface area (Å²) in [6.07, 6.45) is 2.65. The predicted octanol–water partition coefficient (Wildman–Crippen LogP) is 3.50. The summed E-state index contributed by atoms with van der Waals surface area (Å²) in [6.45, 7) is 8.41. The highest BCUT2D eigenvalue weighted by atomic mass is 35.5. The van der Waals surface area contributed by atoms with E-state index in [0.29, 0.717) is 6.61 Å². The molecule has 1 atom stereocenters. The third-order valence-corrected chi connectivity index (χ3v) is 3.78. The zero-order valence-corrected chi connectivity index (χ0v) is 13.7. The van der Waals surface area contributed by atoms with Crippen molar-refractivity contribution in [1.82, 2.24) is 5.32 Å². The Labute approximate surface area is 132 Å². The van der Waals surface area contributed by atoms with Crippen molar-refractivity contribution in [2.75, 3.05) is 19.7 Å². The molecular weight excluding hydrogens is 286 g/mol. The molecule has 4 heteroatoms. The van der Waals surface area contributed by atoms with Crippen LogP contribution in [0, 0.1) is 5.41 Å². The molecule has 0 aromatic heterocycles. The highest BCUT2D eigenvalue weighted by Crippen LogP contribution is 2.29. The van der Waals surface area contributed by atoms with E-state index in [1.54, 1.807) is 0 Å². The summed E-state index contributed by atoms with van der Waals surface area (Å²) < 4.78 is 5.73. The van der Waals surface area contributed by atoms with Gasteiger partial charge in [-0.05, 0) is 48.6 Å². The van der Waals surface area contributed by atoms with Crippen LogP contribution in [0.4, 0.5) is 0 Å². The lowest BCUT2D eigenvalue weighted by Crippen LogP contribution is -2.33. The number of hydrogen-bond donors (Lipinski definition) is 2. The second-order valence-electron chi connectivity index (χ2n) is 6.59. The predicted molar refractivity (Wildman–Crippen MR) is 87.9 cm³/mol. The Morgan fingerprint density at radius 1 is 1.43 bits per heavy atom. The number of rotatable bonds is 6. The summed E-state index contributed by atoms with van der Waals surface area (Å²) in [7, 11) is 0. The van der Waals surface area contributed by atoms with Gasteiger partial charge in [-0.3, -0.25) is 0 Å². The molecule has 3 nitrogen and oxygen atoms in total. The van der Waals surface area contributed by atoms with Gasteiger partial charge in [-0.2, -0.15) is 0 Å². The maximum absolute atomic E-state index is 9.50. The quantitative estimate of drug-likeness (QED) is 0.845. The van der Waals surface area contributed by atoms with Crippen molar-refractivity contribution in [3.8, 4) is 5.75 Å². The summed E-state index contributed by atoms with van der Waals surface area (Å²) in [5.41, 5.74) is 2.32. The highest BCUT2D eigenvalue weighted by Gasteiger charge is 2.20. The first-order valence-electron chi connectivity index (χ1n) is 7.36. The molecule has 0 saturated heterocycles. The Morgan fingerprint density at radius 2 is 2.19 bits per heavy atom. The van der Waals surface area contributed by atoms with Gasteiger partial charge in [-0.15, -0.1) is 0 Å². The van der Waals surface area contributed by atoms with Crippen LogP contribution in [-0.4, -0.2) is 30.9 Å². The lowest BCUT2D eigenvalue weighted by atomic mass is 9.87. The number of aliphatic hydroxyl groups excluding tert-OH is 1. The monoisotopic (exact) mass is 309 g/mol. The fourth-order valence-electron chi connectivity index (χ4n) is 2.73. The van der Waals surface area contributed by atoms with Crippen LogP contribution in [0.15, 0.2) is 23.8 Å². The Kier molecular flexibility index (Phi) is 5.31. The molecule has 0 fully saturated rings. The van der Waals surface area contributed by atoms with Gasteiger partial charge in [0.15, 0.2) is 0 Å². The molecule has 0 saturated carbocycles. The maximum Gasteiger partial charge on any atom is 0.127 e. The molecule has 1 heterocycles. The molecule has 1 aromatic rings. The van der Waals surface area contributed by atoms with Crippen LogP contribution in [0.5, 0.6) is 5.75 Å². The third-order valence-electron chi connectivity index (χ3n) is 3.55. The van der Waals surface area contributed by atoms with E-state index in [1.165, 1.54) is 5.57 Å². The van der Waals surface area contributed by atoms with Gasteiger partial charge in [-0.25, -0.2) is 0 Å². The molecule has 2 rings (SSSR count). The van der Waals surface area contributed by atoms with Gasteiger partial charge in [0, 0.05) is 23.7 Å². The Morgan fingerprint density at radius 3 is 2.90 bits per heavy atom. The molecule has 0 bridgehead atoms. The first kappa shape index (κ1) is 16.3. The van der Waals surface area contributed by atoms with Gasteiger partial charge in [0.05, 0.1) is 6.10 Å². The van der Waals surface area contributed by atoms with E-state index in [9.17, 15) is 5.11 Å². The number of benzene rings is 1. The van der Waals surface area contributed by atoms with Gasteiger partial charge in [0.25, 0.3) is 0 Å². The van der Waals surface area contributed by atoms with Crippen LogP contribution in [-0.2, 0) is 0 Å². The molecule has 0 spiro atoms. The molecule has 2 N–H and O–H groups in total. The van der Waals surface area contributed by atoms with Gasteiger partial charge in [0.2, 0.25) is 0 Å². The van der Waals surface area contributed by atoms with E-state index in [-0.39, 0.29) is 11.5 Å². The lowest BCUT2D eigenvalue weighted by Gasteiger charge is -2.27. The van der Waals surface area contributed by atoms with Crippen molar-refractivity contribution in [2.45, 2.75) is 33.3 Å². The van der Waals surface area contributed by atoms with E-state index >= 15 is 0 Å². The summed E-state index contributed by atoms with van der Waals surface area (Å²) >= 11 is 6.01. The zero-order valence-electron chi connectivity index (χ0n) is 12.9. The number of fused-ring (bicyclic) bond motifs is 1. The zero-order chi connectivity index (χ0) is 15.5. The first-order chi connectivity index (χ1) is 9.85. The average molecular weight is 310 g/mol. The highest BCUT2D eigenvalue weighted by molar-refractivity contribution is 6.30. The minimum absolute atomic E-state index is 0.0749. The second-order valence-corrected chi connectivity index (χ2v) is 7.03. The average Bonchev–Trinajstić information content (AvgIpc) is 2.36. The summed E-state index contributed by atoms with van der Waals surface area (Å²) in [5, 5.41) is 13.7. The molecule has 1 aliphatic heterocycles. The van der Waals surface area contributed by atoms with E-state index in [0.717, 1.165) is 35.8 Å². The van der Waals surface area contributed by atoms with Crippen molar-refractivity contribution in [3.63, 3.8) is 0 Å². The Bertz CT molecular complexity index is 524. The summed E-state index contributed by atoms with van der Waals surface area (Å²) in [4.78, 5) is 0. The number of ether oxygens (including phenoxy) is 1. The molecule has 0 radical (unpaired) electrons. The van der Waals surface area contributed by atoms with Gasteiger partial charge in [0.1, 0.15) is 12.4 Å². The maximum atomic E-state index is 9.50. The Balaban J connectivity index is 1.90. The van der Waals surface area contributed by atoms with Gasteiger partial charge >= 0.3 is 0 Å². The molecule has 116 valence electrons. The van der Waals surface area contributed by atoms with E-state index in [1.807, 2.05) is 25.1 Å². The third kappa shape index (κ3) is 5.03. The minimum Gasteiger partial charge on any atom is -0.489 e. The molecule has 1 unspecified atom stereocenters. The largest absolute Gasteiger partial charge is 0.489 e. The fraction of sp³-hybridized carbons (Fsp3) is 0.529. The molecule has 1 aliphatic rings. The topological polar surface area (TPSA) is 41.5 Å². The standard InChI is InChI=1S/C17H24ClNO2/c1-12(20)8-17(2,3)11-19-9-13-6-14-7-15(18)4-5-16(14)21-10-13/h4-7,12,19-20H,8-11H2,1-3H3. The molecular formula is C17H24ClNO2.